The fourth-order valence-electron chi connectivity index (χ4n) is 2.49. The van der Waals surface area contributed by atoms with Crippen LogP contribution in [0.3, 0.4) is 0 Å². The molecular formula is C13H19ClN2O3S2. The number of halogens is 1. The van der Waals surface area contributed by atoms with E-state index < -0.39 is 15.4 Å². The molecule has 118 valence electrons. The van der Waals surface area contributed by atoms with E-state index >= 15 is 0 Å². The van der Waals surface area contributed by atoms with Crippen molar-refractivity contribution in [3.63, 3.8) is 0 Å². The molecular weight excluding hydrogens is 332 g/mol. The Morgan fingerprint density at radius 3 is 2.76 bits per heavy atom. The average Bonchev–Trinajstić information content (AvgIpc) is 2.82. The summed E-state index contributed by atoms with van der Waals surface area (Å²) in [5.41, 5.74) is -0.636. The minimum Gasteiger partial charge on any atom is -0.349 e. The lowest BCUT2D eigenvalue weighted by atomic mass is 10.0. The first-order chi connectivity index (χ1) is 9.67. The van der Waals surface area contributed by atoms with Gasteiger partial charge in [-0.15, -0.1) is 11.3 Å². The molecule has 0 saturated carbocycles. The number of carbonyl (C=O) groups is 1. The first-order valence-corrected chi connectivity index (χ1v) is 9.63. The molecule has 2 rings (SSSR count). The van der Waals surface area contributed by atoms with E-state index in [2.05, 4.69) is 5.32 Å². The summed E-state index contributed by atoms with van der Waals surface area (Å²) < 4.78 is 23.8. The smallest absolute Gasteiger partial charge is 0.234 e. The molecule has 0 aromatic carbocycles. The lowest BCUT2D eigenvalue weighted by Crippen LogP contribution is -2.49. The molecule has 1 aliphatic heterocycles. The number of rotatable bonds is 5. The van der Waals surface area contributed by atoms with Gasteiger partial charge in [0.1, 0.15) is 0 Å². The van der Waals surface area contributed by atoms with Gasteiger partial charge in [-0.2, -0.15) is 0 Å². The van der Waals surface area contributed by atoms with Crippen molar-refractivity contribution in [1.82, 2.24) is 10.2 Å². The van der Waals surface area contributed by atoms with Gasteiger partial charge >= 0.3 is 0 Å². The van der Waals surface area contributed by atoms with Gasteiger partial charge in [0, 0.05) is 11.4 Å². The number of hydrogen-bond acceptors (Lipinski definition) is 5. The third-order valence-electron chi connectivity index (χ3n) is 3.41. The molecule has 1 saturated heterocycles. The van der Waals surface area contributed by atoms with Gasteiger partial charge in [-0.1, -0.05) is 11.6 Å². The molecule has 1 fully saturated rings. The molecule has 0 spiro atoms. The maximum Gasteiger partial charge on any atom is 0.234 e. The first-order valence-electron chi connectivity index (χ1n) is 6.62. The Morgan fingerprint density at radius 2 is 2.24 bits per heavy atom. The number of nitrogens with one attached hydrogen (secondary N) is 1. The van der Waals surface area contributed by atoms with E-state index in [1.54, 1.807) is 6.92 Å². The van der Waals surface area contributed by atoms with Crippen molar-refractivity contribution in [2.45, 2.75) is 25.4 Å². The van der Waals surface area contributed by atoms with Crippen LogP contribution >= 0.6 is 22.9 Å². The zero-order valence-electron chi connectivity index (χ0n) is 12.1. The maximum absolute atomic E-state index is 12.1. The van der Waals surface area contributed by atoms with Gasteiger partial charge in [-0.05, 0) is 32.5 Å². The molecule has 1 amide bonds. The van der Waals surface area contributed by atoms with Crippen LogP contribution in [0.15, 0.2) is 12.1 Å². The number of hydrogen-bond donors (Lipinski definition) is 1. The van der Waals surface area contributed by atoms with Gasteiger partial charge in [-0.3, -0.25) is 9.69 Å². The molecule has 21 heavy (non-hydrogen) atoms. The van der Waals surface area contributed by atoms with Crippen LogP contribution in [0, 0.1) is 0 Å². The summed E-state index contributed by atoms with van der Waals surface area (Å²) in [5, 5.41) is 2.85. The highest BCUT2D eigenvalue weighted by Gasteiger charge is 2.39. The molecule has 5 nitrogen and oxygen atoms in total. The summed E-state index contributed by atoms with van der Waals surface area (Å²) in [4.78, 5) is 15.0. The number of thiophene rings is 1. The fraction of sp³-hybridized carbons (Fsp3) is 0.615. The Kier molecular flexibility index (Phi) is 4.97. The summed E-state index contributed by atoms with van der Waals surface area (Å²) in [5.74, 6) is 0.0169. The Balaban J connectivity index is 1.84. The predicted octanol–water partition coefficient (Wildman–Crippen LogP) is 1.53. The van der Waals surface area contributed by atoms with Crippen LogP contribution in [0.2, 0.25) is 4.34 Å². The predicted molar refractivity (Wildman–Crippen MR) is 85.5 cm³/mol. The molecule has 1 atom stereocenters. The van der Waals surface area contributed by atoms with Crippen molar-refractivity contribution < 1.29 is 13.2 Å². The molecule has 2 heterocycles. The van der Waals surface area contributed by atoms with Crippen molar-refractivity contribution in [3.8, 4) is 0 Å². The van der Waals surface area contributed by atoms with Gasteiger partial charge in [0.05, 0.1) is 27.9 Å². The highest BCUT2D eigenvalue weighted by atomic mass is 35.5. The topological polar surface area (TPSA) is 66.5 Å². The number of sulfone groups is 1. The highest BCUT2D eigenvalue weighted by Crippen LogP contribution is 2.23. The van der Waals surface area contributed by atoms with E-state index in [4.69, 9.17) is 11.6 Å². The van der Waals surface area contributed by atoms with Gasteiger partial charge in [0.25, 0.3) is 0 Å². The van der Waals surface area contributed by atoms with Gasteiger partial charge in [0.15, 0.2) is 9.84 Å². The zero-order chi connectivity index (χ0) is 15.7. The Hall–Kier alpha value is -0.630. The fourth-order valence-corrected chi connectivity index (χ4v) is 5.75. The van der Waals surface area contributed by atoms with Crippen molar-refractivity contribution in [3.05, 3.63) is 21.3 Å². The molecule has 0 radical (unpaired) electrons. The molecule has 1 N–H and O–H groups in total. The van der Waals surface area contributed by atoms with Crippen molar-refractivity contribution in [1.29, 1.82) is 0 Å². The second-order valence-corrected chi connectivity index (χ2v) is 9.81. The Labute approximate surface area is 134 Å². The van der Waals surface area contributed by atoms with E-state index in [1.165, 1.54) is 11.3 Å². The third kappa shape index (κ3) is 4.95. The molecule has 1 aromatic rings. The summed E-state index contributed by atoms with van der Waals surface area (Å²) >= 11 is 7.36. The van der Waals surface area contributed by atoms with Crippen LogP contribution in [0.1, 0.15) is 18.2 Å². The Bertz CT molecular complexity index is 629. The minimum atomic E-state index is -3.02. The van der Waals surface area contributed by atoms with Crippen LogP contribution < -0.4 is 5.32 Å². The van der Waals surface area contributed by atoms with Crippen LogP contribution in [0.4, 0.5) is 0 Å². The number of amides is 1. The van der Waals surface area contributed by atoms with Crippen LogP contribution in [-0.4, -0.2) is 49.9 Å². The SMILES string of the molecule is CN(CC(=O)N[C@]1(C)CCS(=O)(=O)C1)Cc1ccc(Cl)s1. The van der Waals surface area contributed by atoms with Crippen molar-refractivity contribution in [2.75, 3.05) is 25.1 Å². The summed E-state index contributed by atoms with van der Waals surface area (Å²) in [6.07, 6.45) is 0.478. The molecule has 0 unspecified atom stereocenters. The van der Waals surface area contributed by atoms with Crippen LogP contribution in [-0.2, 0) is 21.2 Å². The molecule has 1 aliphatic rings. The van der Waals surface area contributed by atoms with Crippen LogP contribution in [0.25, 0.3) is 0 Å². The highest BCUT2D eigenvalue weighted by molar-refractivity contribution is 7.91. The lowest BCUT2D eigenvalue weighted by Gasteiger charge is -2.25. The average molecular weight is 351 g/mol. The van der Waals surface area contributed by atoms with E-state index in [0.717, 1.165) is 9.21 Å². The third-order valence-corrected chi connectivity index (χ3v) is 6.53. The van der Waals surface area contributed by atoms with Gasteiger partial charge in [0.2, 0.25) is 5.91 Å². The number of likely N-dealkylation sites (N-methyl/N-ethyl adjacent to an activating group) is 1. The van der Waals surface area contributed by atoms with Gasteiger partial charge in [-0.25, -0.2) is 8.42 Å². The molecule has 0 aliphatic carbocycles. The second-order valence-electron chi connectivity index (χ2n) is 5.83. The van der Waals surface area contributed by atoms with E-state index in [-0.39, 0.29) is 24.0 Å². The standard InChI is InChI=1S/C13H19ClN2O3S2/c1-13(5-6-21(18,19)9-13)15-12(17)8-16(2)7-10-3-4-11(14)20-10/h3-4H,5-9H2,1-2H3,(H,15,17)/t13-/m1/s1. The quantitative estimate of drug-likeness (QED) is 0.874. The van der Waals surface area contributed by atoms with Crippen molar-refractivity contribution in [2.24, 2.45) is 0 Å². The van der Waals surface area contributed by atoms with Crippen molar-refractivity contribution >= 4 is 38.7 Å². The maximum atomic E-state index is 12.1. The van der Waals surface area contributed by atoms with E-state index in [1.807, 2.05) is 24.1 Å². The monoisotopic (exact) mass is 350 g/mol. The molecule has 8 heteroatoms. The number of nitrogens with zero attached hydrogens (tertiary/aromatic N) is 1. The molecule has 1 aromatic heterocycles. The van der Waals surface area contributed by atoms with E-state index in [0.29, 0.717) is 13.0 Å². The lowest BCUT2D eigenvalue weighted by molar-refractivity contribution is -0.123. The molecule has 0 bridgehead atoms. The minimum absolute atomic E-state index is 0.0238. The Morgan fingerprint density at radius 1 is 1.52 bits per heavy atom. The summed E-state index contributed by atoms with van der Waals surface area (Å²) in [6.45, 7) is 2.65. The zero-order valence-corrected chi connectivity index (χ0v) is 14.4. The first kappa shape index (κ1) is 16.7. The summed E-state index contributed by atoms with van der Waals surface area (Å²) in [6, 6.07) is 3.77. The summed E-state index contributed by atoms with van der Waals surface area (Å²) in [7, 11) is -1.17. The van der Waals surface area contributed by atoms with E-state index in [9.17, 15) is 13.2 Å². The second kappa shape index (κ2) is 6.24. The van der Waals surface area contributed by atoms with Gasteiger partial charge < -0.3 is 5.32 Å². The number of carbonyl (C=O) groups excluding carboxylic acids is 1. The van der Waals surface area contributed by atoms with Crippen LogP contribution in [0.5, 0.6) is 0 Å². The normalized spacial score (nSPS) is 24.4. The largest absolute Gasteiger partial charge is 0.349 e.